The van der Waals surface area contributed by atoms with E-state index in [1.807, 2.05) is 12.2 Å². The summed E-state index contributed by atoms with van der Waals surface area (Å²) in [5, 5.41) is 15.4. The van der Waals surface area contributed by atoms with Crippen LogP contribution in [0, 0.1) is 33.8 Å². The molecule has 3 aliphatic carbocycles. The zero-order chi connectivity index (χ0) is 16.1. The van der Waals surface area contributed by atoms with Gasteiger partial charge in [0, 0.05) is 0 Å². The van der Waals surface area contributed by atoms with Crippen molar-refractivity contribution < 1.29 is 18.9 Å². The van der Waals surface area contributed by atoms with Crippen molar-refractivity contribution >= 4 is 23.9 Å². The van der Waals surface area contributed by atoms with E-state index < -0.39 is 10.8 Å². The van der Waals surface area contributed by atoms with Gasteiger partial charge in [-0.1, -0.05) is 12.2 Å². The summed E-state index contributed by atoms with van der Waals surface area (Å²) in [7, 11) is 0. The molecule has 2 bridgehead atoms. The fraction of sp³-hybridized carbons (Fsp3) is 0.400. The van der Waals surface area contributed by atoms with Gasteiger partial charge in [-0.2, -0.15) is 10.1 Å². The van der Waals surface area contributed by atoms with E-state index in [-0.39, 0.29) is 41.2 Å². The first-order chi connectivity index (χ1) is 11.1. The van der Waals surface area contributed by atoms with Crippen LogP contribution in [0.3, 0.4) is 0 Å². The number of furan rings is 1. The van der Waals surface area contributed by atoms with Crippen LogP contribution in [-0.4, -0.2) is 28.0 Å². The second-order valence-corrected chi connectivity index (χ2v) is 6.01. The summed E-state index contributed by atoms with van der Waals surface area (Å²) in [6, 6.07) is 2.56. The minimum Gasteiger partial charge on any atom is -0.400 e. The number of carbonyl (C=O) groups excluding carboxylic acids is 2. The highest BCUT2D eigenvalue weighted by Gasteiger charge is 2.56. The lowest BCUT2D eigenvalue weighted by Crippen LogP contribution is -2.38. The Labute approximate surface area is 130 Å². The largest absolute Gasteiger partial charge is 0.433 e. The summed E-state index contributed by atoms with van der Waals surface area (Å²) in [6.45, 7) is 0. The van der Waals surface area contributed by atoms with Gasteiger partial charge in [0.15, 0.2) is 5.76 Å². The zero-order valence-corrected chi connectivity index (χ0v) is 12.0. The molecule has 0 N–H and O–H groups in total. The highest BCUT2D eigenvalue weighted by molar-refractivity contribution is 6.06. The quantitative estimate of drug-likeness (QED) is 0.277. The summed E-state index contributed by atoms with van der Waals surface area (Å²) in [5.41, 5.74) is 0. The molecule has 1 aromatic rings. The predicted molar refractivity (Wildman–Crippen MR) is 77.1 cm³/mol. The standard InChI is InChI=1S/C15H13N3O5/c19-14-12-8-1-2-9(4-3-8)13(12)15(20)17(14)16-7-10-5-6-11(23-10)18(21)22/h1-2,5-9,12-13H,3-4H2/b16-7-/t8-,9+,12+,13-. The first-order valence-electron chi connectivity index (χ1n) is 7.40. The van der Waals surface area contributed by atoms with Gasteiger partial charge in [-0.25, -0.2) is 0 Å². The predicted octanol–water partition coefficient (Wildman–Crippen LogP) is 1.72. The number of carbonyl (C=O) groups is 2. The number of amides is 2. The highest BCUT2D eigenvalue weighted by atomic mass is 16.6. The molecule has 23 heavy (non-hydrogen) atoms. The van der Waals surface area contributed by atoms with E-state index in [0.29, 0.717) is 0 Å². The Hall–Kier alpha value is -2.77. The van der Waals surface area contributed by atoms with Gasteiger partial charge in [-0.15, -0.1) is 0 Å². The summed E-state index contributed by atoms with van der Waals surface area (Å²) >= 11 is 0. The maximum Gasteiger partial charge on any atom is 0.433 e. The van der Waals surface area contributed by atoms with Gasteiger partial charge >= 0.3 is 5.88 Å². The van der Waals surface area contributed by atoms with Crippen molar-refractivity contribution in [2.24, 2.45) is 28.8 Å². The van der Waals surface area contributed by atoms with Crippen molar-refractivity contribution in [3.05, 3.63) is 40.2 Å². The van der Waals surface area contributed by atoms with Crippen LogP contribution in [0.1, 0.15) is 18.6 Å². The highest BCUT2D eigenvalue weighted by Crippen LogP contribution is 2.49. The number of hydrazone groups is 1. The van der Waals surface area contributed by atoms with Gasteiger partial charge in [0.05, 0.1) is 24.1 Å². The SMILES string of the molecule is O=C1[C@@H]2[C@H](C(=O)N1/N=C\c1ccc([N+](=O)[O-])o1)[C@H]1C=C[C@@H]2CC1. The summed E-state index contributed by atoms with van der Waals surface area (Å²) in [4.78, 5) is 34.9. The minimum absolute atomic E-state index is 0.103. The third-order valence-electron chi connectivity index (χ3n) is 4.83. The molecular formula is C15H13N3O5. The smallest absolute Gasteiger partial charge is 0.400 e. The first kappa shape index (κ1) is 13.9. The molecule has 0 aromatic carbocycles. The van der Waals surface area contributed by atoms with Crippen LogP contribution in [0.15, 0.2) is 33.8 Å². The van der Waals surface area contributed by atoms with Gasteiger partial charge in [0.25, 0.3) is 11.8 Å². The lowest BCUT2D eigenvalue weighted by atomic mass is 9.63. The molecule has 2 fully saturated rings. The summed E-state index contributed by atoms with van der Waals surface area (Å²) < 4.78 is 4.94. The van der Waals surface area contributed by atoms with E-state index in [9.17, 15) is 19.7 Å². The van der Waals surface area contributed by atoms with E-state index in [1.165, 1.54) is 12.1 Å². The molecule has 4 atom stereocenters. The molecule has 1 saturated heterocycles. The van der Waals surface area contributed by atoms with Crippen molar-refractivity contribution in [2.75, 3.05) is 0 Å². The van der Waals surface area contributed by atoms with Crippen molar-refractivity contribution in [1.82, 2.24) is 5.01 Å². The normalized spacial score (nSPS) is 32.1. The van der Waals surface area contributed by atoms with E-state index in [1.54, 1.807) is 0 Å². The lowest BCUT2D eigenvalue weighted by Gasteiger charge is -2.37. The number of fused-ring (bicyclic) bond motifs is 1. The Morgan fingerprint density at radius 2 is 1.78 bits per heavy atom. The van der Waals surface area contributed by atoms with Crippen LogP contribution in [-0.2, 0) is 9.59 Å². The van der Waals surface area contributed by atoms with Gasteiger partial charge in [-0.05, 0) is 30.7 Å². The van der Waals surface area contributed by atoms with Crippen LogP contribution in [0.25, 0.3) is 0 Å². The molecule has 5 rings (SSSR count). The second kappa shape index (κ2) is 4.87. The monoisotopic (exact) mass is 315 g/mol. The van der Waals surface area contributed by atoms with Gasteiger partial charge in [-0.3, -0.25) is 19.7 Å². The van der Waals surface area contributed by atoms with Gasteiger partial charge in [0.1, 0.15) is 4.92 Å². The average Bonchev–Trinajstić information content (AvgIpc) is 3.13. The molecule has 2 heterocycles. The van der Waals surface area contributed by atoms with Crippen LogP contribution in [0.2, 0.25) is 0 Å². The minimum atomic E-state index is -0.665. The van der Waals surface area contributed by atoms with Crippen molar-refractivity contribution in [3.63, 3.8) is 0 Å². The maximum atomic E-state index is 12.5. The first-order valence-corrected chi connectivity index (χ1v) is 7.40. The van der Waals surface area contributed by atoms with Crippen molar-refractivity contribution in [2.45, 2.75) is 12.8 Å². The average molecular weight is 315 g/mol. The van der Waals surface area contributed by atoms with Crippen molar-refractivity contribution in [1.29, 1.82) is 0 Å². The van der Waals surface area contributed by atoms with Crippen LogP contribution >= 0.6 is 0 Å². The molecule has 8 nitrogen and oxygen atoms in total. The molecular weight excluding hydrogens is 302 g/mol. The fourth-order valence-electron chi connectivity index (χ4n) is 3.80. The number of imide groups is 1. The Balaban J connectivity index is 1.58. The fourth-order valence-corrected chi connectivity index (χ4v) is 3.80. The number of nitrogens with zero attached hydrogens (tertiary/aromatic N) is 3. The Morgan fingerprint density at radius 3 is 2.26 bits per heavy atom. The number of allylic oxidation sites excluding steroid dienone is 2. The molecule has 118 valence electrons. The molecule has 2 amide bonds. The van der Waals surface area contributed by atoms with E-state index >= 15 is 0 Å². The Morgan fingerprint density at radius 1 is 1.17 bits per heavy atom. The number of rotatable bonds is 3. The number of hydrogen-bond donors (Lipinski definition) is 0. The Kier molecular flexibility index (Phi) is 2.93. The van der Waals surface area contributed by atoms with Crippen molar-refractivity contribution in [3.8, 4) is 0 Å². The molecule has 1 aromatic heterocycles. The topological polar surface area (TPSA) is 106 Å². The maximum absolute atomic E-state index is 12.5. The molecule has 0 unspecified atom stereocenters. The van der Waals surface area contributed by atoms with Crippen LogP contribution in [0.5, 0.6) is 0 Å². The molecule has 0 spiro atoms. The van der Waals surface area contributed by atoms with Crippen LogP contribution < -0.4 is 0 Å². The number of hydrogen-bond acceptors (Lipinski definition) is 6. The lowest BCUT2D eigenvalue weighted by molar-refractivity contribution is -0.402. The molecule has 8 heteroatoms. The number of nitro groups is 1. The Bertz CT molecular complexity index is 733. The molecule has 0 radical (unpaired) electrons. The van der Waals surface area contributed by atoms with Gasteiger partial charge in [0.2, 0.25) is 0 Å². The second-order valence-electron chi connectivity index (χ2n) is 6.01. The van der Waals surface area contributed by atoms with E-state index in [4.69, 9.17) is 4.42 Å². The summed E-state index contributed by atoms with van der Waals surface area (Å²) in [5.74, 6) is -1.33. The zero-order valence-electron chi connectivity index (χ0n) is 12.0. The molecule has 1 aliphatic heterocycles. The molecule has 1 saturated carbocycles. The van der Waals surface area contributed by atoms with E-state index in [0.717, 1.165) is 24.1 Å². The summed E-state index contributed by atoms with van der Waals surface area (Å²) in [6.07, 6.45) is 7.06. The third kappa shape index (κ3) is 2.01. The van der Waals surface area contributed by atoms with Crippen LogP contribution in [0.4, 0.5) is 5.88 Å². The molecule has 4 aliphatic rings. The van der Waals surface area contributed by atoms with E-state index in [2.05, 4.69) is 5.10 Å². The third-order valence-corrected chi connectivity index (χ3v) is 4.83. The van der Waals surface area contributed by atoms with Gasteiger partial charge < -0.3 is 4.42 Å².